The lowest BCUT2D eigenvalue weighted by molar-refractivity contribution is -0.141. The van der Waals surface area contributed by atoms with Crippen LogP contribution in [0.15, 0.2) is 53.6 Å². The van der Waals surface area contributed by atoms with Crippen LogP contribution in [0.4, 0.5) is 18.9 Å². The van der Waals surface area contributed by atoms with Crippen molar-refractivity contribution >= 4 is 44.9 Å². The van der Waals surface area contributed by atoms with E-state index in [1.165, 1.54) is 56.6 Å². The Kier molecular flexibility index (Phi) is 9.60. The molecule has 0 bridgehead atoms. The molecule has 43 heavy (non-hydrogen) atoms. The number of aryl methyl sites for hydroxylation is 1. The average Bonchev–Trinajstić information content (AvgIpc) is 2.95. The number of ether oxygens (including phenoxy) is 3. The van der Waals surface area contributed by atoms with Crippen LogP contribution < -0.4 is 13.8 Å². The standard InChI is InChI=1S/C30H30ClF3N2O6S/c1-5-41-29-26(13-18(2)16-35-29)43(38,39)36-17-21(10-12-27(37)40-4)42-25-11-9-20(15-24(25)36)14-19(3)28-22(30(32,33)34)7-6-8-23(28)31/h6-9,11,13-16,21H,5,10,12,17H2,1-4H3/b19-14+/t21-/m0/s1. The lowest BCUT2D eigenvalue weighted by Crippen LogP contribution is -2.44. The van der Waals surface area contributed by atoms with Gasteiger partial charge in [0, 0.05) is 23.2 Å². The van der Waals surface area contributed by atoms with Crippen molar-refractivity contribution in [3.05, 3.63) is 75.9 Å². The fourth-order valence-corrected chi connectivity index (χ4v) is 6.73. The van der Waals surface area contributed by atoms with Gasteiger partial charge in [-0.25, -0.2) is 13.4 Å². The van der Waals surface area contributed by atoms with Gasteiger partial charge in [-0.1, -0.05) is 29.8 Å². The van der Waals surface area contributed by atoms with Gasteiger partial charge in [0.2, 0.25) is 5.88 Å². The maximum atomic E-state index is 14.2. The minimum atomic E-state index is -4.64. The zero-order valence-corrected chi connectivity index (χ0v) is 25.4. The van der Waals surface area contributed by atoms with Crippen LogP contribution in [0.25, 0.3) is 11.6 Å². The number of alkyl halides is 3. The summed E-state index contributed by atoms with van der Waals surface area (Å²) in [6.45, 7) is 4.92. The van der Waals surface area contributed by atoms with E-state index < -0.39 is 33.8 Å². The molecule has 0 unspecified atom stereocenters. The van der Waals surface area contributed by atoms with E-state index in [0.29, 0.717) is 11.1 Å². The van der Waals surface area contributed by atoms with Gasteiger partial charge in [-0.3, -0.25) is 9.10 Å². The Morgan fingerprint density at radius 3 is 2.65 bits per heavy atom. The van der Waals surface area contributed by atoms with Crippen LogP contribution in [-0.2, 0) is 25.7 Å². The SMILES string of the molecule is CCOc1ncc(C)cc1S(=O)(=O)N1C[C@H](CCC(=O)OC)Oc2ccc(/C=C(\C)c3c(Cl)cccc3C(F)(F)F)cc21. The molecular formula is C30H30ClF3N2O6S. The molecule has 0 aliphatic carbocycles. The fraction of sp³-hybridized carbons (Fsp3) is 0.333. The summed E-state index contributed by atoms with van der Waals surface area (Å²) in [5, 5.41) is -0.0714. The molecule has 0 saturated carbocycles. The Morgan fingerprint density at radius 1 is 1.23 bits per heavy atom. The number of nitrogens with zero attached hydrogens (tertiary/aromatic N) is 2. The van der Waals surface area contributed by atoms with Crippen molar-refractivity contribution in [2.24, 2.45) is 0 Å². The summed E-state index contributed by atoms with van der Waals surface area (Å²) in [6, 6.07) is 9.66. The van der Waals surface area contributed by atoms with Gasteiger partial charge >= 0.3 is 12.1 Å². The number of esters is 1. The van der Waals surface area contributed by atoms with Crippen LogP contribution >= 0.6 is 11.6 Å². The highest BCUT2D eigenvalue weighted by atomic mass is 35.5. The van der Waals surface area contributed by atoms with E-state index in [9.17, 15) is 26.4 Å². The first-order chi connectivity index (χ1) is 20.3. The minimum absolute atomic E-state index is 0.0000258. The van der Waals surface area contributed by atoms with Crippen molar-refractivity contribution in [3.63, 3.8) is 0 Å². The molecule has 4 rings (SSSR count). The number of anilines is 1. The van der Waals surface area contributed by atoms with Crippen molar-refractivity contribution in [3.8, 4) is 11.6 Å². The van der Waals surface area contributed by atoms with Crippen molar-refractivity contribution in [2.45, 2.75) is 50.8 Å². The molecule has 2 aromatic carbocycles. The molecule has 2 heterocycles. The third kappa shape index (κ3) is 7.07. The fourth-order valence-electron chi connectivity index (χ4n) is 4.74. The molecule has 1 aliphatic rings. The number of allylic oxidation sites excluding steroid dienone is 1. The lowest BCUT2D eigenvalue weighted by atomic mass is 9.98. The monoisotopic (exact) mass is 638 g/mol. The molecule has 3 aromatic rings. The van der Waals surface area contributed by atoms with Gasteiger partial charge in [0.15, 0.2) is 0 Å². The van der Waals surface area contributed by atoms with Crippen LogP contribution in [0.5, 0.6) is 11.6 Å². The molecule has 0 fully saturated rings. The zero-order chi connectivity index (χ0) is 31.5. The molecule has 1 atom stereocenters. The van der Waals surface area contributed by atoms with Gasteiger partial charge < -0.3 is 14.2 Å². The average molecular weight is 639 g/mol. The summed E-state index contributed by atoms with van der Waals surface area (Å²) in [7, 11) is -3.04. The van der Waals surface area contributed by atoms with Crippen LogP contribution in [0.1, 0.15) is 48.9 Å². The highest BCUT2D eigenvalue weighted by molar-refractivity contribution is 7.93. The minimum Gasteiger partial charge on any atom is -0.486 e. The number of sulfonamides is 1. The van der Waals surface area contributed by atoms with Crippen molar-refractivity contribution in [2.75, 3.05) is 24.6 Å². The van der Waals surface area contributed by atoms with E-state index in [1.807, 2.05) is 0 Å². The van der Waals surface area contributed by atoms with E-state index in [0.717, 1.165) is 10.4 Å². The Bertz CT molecular complexity index is 1660. The maximum Gasteiger partial charge on any atom is 0.417 e. The van der Waals surface area contributed by atoms with Gasteiger partial charge in [-0.05, 0) is 74.2 Å². The van der Waals surface area contributed by atoms with Crippen LogP contribution in [-0.4, -0.2) is 45.7 Å². The number of benzene rings is 2. The number of rotatable bonds is 9. The first-order valence-electron chi connectivity index (χ1n) is 13.3. The molecule has 0 spiro atoms. The molecule has 1 aliphatic heterocycles. The summed E-state index contributed by atoms with van der Waals surface area (Å²) >= 11 is 6.20. The largest absolute Gasteiger partial charge is 0.486 e. The van der Waals surface area contributed by atoms with Crippen LogP contribution in [0, 0.1) is 6.92 Å². The predicted octanol–water partition coefficient (Wildman–Crippen LogP) is 6.93. The Morgan fingerprint density at radius 2 is 1.98 bits per heavy atom. The number of aromatic nitrogens is 1. The Labute approximate surface area is 253 Å². The summed E-state index contributed by atoms with van der Waals surface area (Å²) < 4.78 is 87.1. The molecule has 230 valence electrons. The third-order valence-electron chi connectivity index (χ3n) is 6.71. The number of pyridine rings is 1. The summed E-state index contributed by atoms with van der Waals surface area (Å²) in [6.07, 6.45) is -2.18. The molecule has 1 aromatic heterocycles. The Balaban J connectivity index is 1.83. The third-order valence-corrected chi connectivity index (χ3v) is 8.80. The summed E-state index contributed by atoms with van der Waals surface area (Å²) in [4.78, 5) is 15.8. The first kappa shape index (κ1) is 32.2. The quantitative estimate of drug-likeness (QED) is 0.185. The summed E-state index contributed by atoms with van der Waals surface area (Å²) in [5.41, 5.74) is 0.323. The molecular weight excluding hydrogens is 609 g/mol. The maximum absolute atomic E-state index is 14.2. The van der Waals surface area contributed by atoms with E-state index in [4.69, 9.17) is 25.8 Å². The number of carbonyl (C=O) groups is 1. The number of hydrogen-bond acceptors (Lipinski definition) is 7. The second kappa shape index (κ2) is 12.8. The van der Waals surface area contributed by atoms with Crippen molar-refractivity contribution in [1.29, 1.82) is 0 Å². The number of halogens is 4. The van der Waals surface area contributed by atoms with Gasteiger partial charge in [0.1, 0.15) is 16.7 Å². The van der Waals surface area contributed by atoms with E-state index >= 15 is 0 Å². The highest BCUT2D eigenvalue weighted by Crippen LogP contribution is 2.42. The molecule has 0 radical (unpaired) electrons. The van der Waals surface area contributed by atoms with Crippen molar-refractivity contribution in [1.82, 2.24) is 4.98 Å². The van der Waals surface area contributed by atoms with Gasteiger partial charge in [-0.15, -0.1) is 0 Å². The van der Waals surface area contributed by atoms with E-state index in [2.05, 4.69) is 4.98 Å². The molecule has 0 amide bonds. The second-order valence-corrected chi connectivity index (χ2v) is 12.1. The van der Waals surface area contributed by atoms with Crippen LogP contribution in [0.3, 0.4) is 0 Å². The normalized spacial score (nSPS) is 15.5. The number of fused-ring (bicyclic) bond motifs is 1. The van der Waals surface area contributed by atoms with Crippen LogP contribution in [0.2, 0.25) is 5.02 Å². The topological polar surface area (TPSA) is 95.0 Å². The second-order valence-electron chi connectivity index (χ2n) is 9.85. The number of methoxy groups -OCH3 is 1. The number of hydrogen-bond donors (Lipinski definition) is 0. The predicted molar refractivity (Wildman–Crippen MR) is 157 cm³/mol. The molecule has 13 heteroatoms. The Hall–Kier alpha value is -3.77. The van der Waals surface area contributed by atoms with E-state index in [1.54, 1.807) is 19.9 Å². The first-order valence-corrected chi connectivity index (χ1v) is 15.1. The van der Waals surface area contributed by atoms with Gasteiger partial charge in [0.05, 0.1) is 31.5 Å². The summed E-state index contributed by atoms with van der Waals surface area (Å²) in [5.74, 6) is -0.330. The molecule has 0 N–H and O–H groups in total. The van der Waals surface area contributed by atoms with Crippen molar-refractivity contribution < 1.29 is 40.6 Å². The van der Waals surface area contributed by atoms with Gasteiger partial charge in [-0.2, -0.15) is 13.2 Å². The number of carbonyl (C=O) groups excluding carboxylic acids is 1. The lowest BCUT2D eigenvalue weighted by Gasteiger charge is -2.36. The highest BCUT2D eigenvalue weighted by Gasteiger charge is 2.37. The smallest absolute Gasteiger partial charge is 0.417 e. The van der Waals surface area contributed by atoms with E-state index in [-0.39, 0.29) is 64.4 Å². The molecule has 8 nitrogen and oxygen atoms in total. The van der Waals surface area contributed by atoms with Gasteiger partial charge in [0.25, 0.3) is 10.0 Å². The molecule has 0 saturated heterocycles. The zero-order valence-electron chi connectivity index (χ0n) is 23.9.